The molecule has 0 saturated heterocycles. The van der Waals surface area contributed by atoms with Gasteiger partial charge in [0.1, 0.15) is 0 Å². The van der Waals surface area contributed by atoms with Gasteiger partial charge in [-0.05, 0) is 91.7 Å². The van der Waals surface area contributed by atoms with Crippen molar-refractivity contribution in [2.45, 2.75) is 58.3 Å². The second-order valence-electron chi connectivity index (χ2n) is 7.77. The van der Waals surface area contributed by atoms with Crippen LogP contribution in [0.15, 0.2) is 36.4 Å². The Morgan fingerprint density at radius 3 is 1.85 bits per heavy atom. The van der Waals surface area contributed by atoms with Gasteiger partial charge < -0.3 is 4.74 Å². The van der Waals surface area contributed by atoms with Crippen LogP contribution in [0.1, 0.15) is 53.1 Å². The first-order valence-corrected chi connectivity index (χ1v) is 10.1. The van der Waals surface area contributed by atoms with Gasteiger partial charge in [-0.25, -0.2) is 0 Å². The van der Waals surface area contributed by atoms with Gasteiger partial charge in [-0.3, -0.25) is 4.79 Å². The van der Waals surface area contributed by atoms with Gasteiger partial charge >= 0.3 is 5.97 Å². The maximum absolute atomic E-state index is 12.6. The summed E-state index contributed by atoms with van der Waals surface area (Å²) in [4.78, 5) is 12.6. The van der Waals surface area contributed by atoms with E-state index in [0.29, 0.717) is 6.61 Å². The molecule has 0 bridgehead atoms. The molecule has 2 nitrogen and oxygen atoms in total. The Kier molecular flexibility index (Phi) is 5.10. The molecule has 2 aromatic rings. The van der Waals surface area contributed by atoms with Crippen LogP contribution in [0, 0.1) is 5.92 Å². The molecule has 0 radical (unpaired) electrons. The first kappa shape index (κ1) is 17.3. The predicted octanol–water partition coefficient (Wildman–Crippen LogP) is 4.63. The minimum absolute atomic E-state index is 0.0616. The summed E-state index contributed by atoms with van der Waals surface area (Å²) < 4.78 is 5.39. The van der Waals surface area contributed by atoms with Gasteiger partial charge in [0.2, 0.25) is 0 Å². The summed E-state index contributed by atoms with van der Waals surface area (Å²) in [6.07, 6.45) is 8.81. The molecule has 2 aliphatic rings. The van der Waals surface area contributed by atoms with E-state index in [-0.39, 0.29) is 11.9 Å². The predicted molar refractivity (Wildman–Crippen MR) is 104 cm³/mol. The number of hydrogen-bond acceptors (Lipinski definition) is 2. The molecule has 2 aromatic carbocycles. The number of ether oxygens (including phenoxy) is 1. The van der Waals surface area contributed by atoms with Crippen molar-refractivity contribution in [2.24, 2.45) is 5.92 Å². The molecule has 0 fully saturated rings. The van der Waals surface area contributed by atoms with Crippen molar-refractivity contribution in [1.82, 2.24) is 0 Å². The molecule has 26 heavy (non-hydrogen) atoms. The lowest BCUT2D eigenvalue weighted by atomic mass is 9.90. The highest BCUT2D eigenvalue weighted by molar-refractivity contribution is 5.73. The maximum atomic E-state index is 12.6. The molecule has 0 heterocycles. The quantitative estimate of drug-likeness (QED) is 0.712. The molecule has 0 N–H and O–H groups in total. The number of benzene rings is 2. The SMILES string of the molecule is CCOC(=O)C(Cc1ccc2c(c1)CCC2)Cc1ccc2c(c1)CCC2. The normalized spacial score (nSPS) is 15.2. The molecule has 2 heteroatoms. The number of carbonyl (C=O) groups is 1. The molecule has 0 aromatic heterocycles. The van der Waals surface area contributed by atoms with Gasteiger partial charge in [-0.1, -0.05) is 36.4 Å². The van der Waals surface area contributed by atoms with E-state index in [0.717, 1.165) is 12.8 Å². The molecule has 4 rings (SSSR count). The summed E-state index contributed by atoms with van der Waals surface area (Å²) in [6.45, 7) is 2.34. The molecular weight excluding hydrogens is 320 g/mol. The molecule has 0 saturated carbocycles. The maximum Gasteiger partial charge on any atom is 0.309 e. The van der Waals surface area contributed by atoms with E-state index in [1.807, 2.05) is 6.92 Å². The van der Waals surface area contributed by atoms with Crippen molar-refractivity contribution >= 4 is 5.97 Å². The van der Waals surface area contributed by atoms with E-state index in [4.69, 9.17) is 4.74 Å². The zero-order valence-electron chi connectivity index (χ0n) is 15.7. The Hall–Kier alpha value is -2.09. The molecule has 0 amide bonds. The Morgan fingerprint density at radius 1 is 0.846 bits per heavy atom. The van der Waals surface area contributed by atoms with Crippen molar-refractivity contribution in [3.8, 4) is 0 Å². The first-order valence-electron chi connectivity index (χ1n) is 10.1. The molecular formula is C24H28O2. The average Bonchev–Trinajstić information content (AvgIpc) is 3.29. The third-order valence-electron chi connectivity index (χ3n) is 5.91. The molecule has 136 valence electrons. The van der Waals surface area contributed by atoms with Crippen LogP contribution in [0.3, 0.4) is 0 Å². The Bertz CT molecular complexity index is 746. The molecule has 0 spiro atoms. The Labute approximate surface area is 156 Å². The highest BCUT2D eigenvalue weighted by atomic mass is 16.5. The standard InChI is InChI=1S/C24H28O2/c1-2-26-24(25)23(15-17-9-11-19-5-3-7-21(19)13-17)16-18-10-12-20-6-4-8-22(20)14-18/h9-14,23H,2-8,15-16H2,1H3. The van der Waals surface area contributed by atoms with Gasteiger partial charge in [0.15, 0.2) is 0 Å². The van der Waals surface area contributed by atoms with Crippen LogP contribution < -0.4 is 0 Å². The first-order chi connectivity index (χ1) is 12.7. The highest BCUT2D eigenvalue weighted by Gasteiger charge is 2.23. The highest BCUT2D eigenvalue weighted by Crippen LogP contribution is 2.27. The van der Waals surface area contributed by atoms with E-state index in [1.54, 1.807) is 0 Å². The number of aryl methyl sites for hydroxylation is 4. The van der Waals surface area contributed by atoms with E-state index in [9.17, 15) is 4.79 Å². The van der Waals surface area contributed by atoms with E-state index in [2.05, 4.69) is 36.4 Å². The Balaban J connectivity index is 1.53. The van der Waals surface area contributed by atoms with E-state index in [1.165, 1.54) is 71.9 Å². The van der Waals surface area contributed by atoms with Crippen LogP contribution in [0.2, 0.25) is 0 Å². The fraction of sp³-hybridized carbons (Fsp3) is 0.458. The zero-order valence-corrected chi connectivity index (χ0v) is 15.7. The van der Waals surface area contributed by atoms with Gasteiger partial charge in [0, 0.05) is 0 Å². The van der Waals surface area contributed by atoms with Crippen LogP contribution in [0.5, 0.6) is 0 Å². The number of fused-ring (bicyclic) bond motifs is 2. The van der Waals surface area contributed by atoms with Gasteiger partial charge in [0.05, 0.1) is 12.5 Å². The summed E-state index contributed by atoms with van der Waals surface area (Å²) >= 11 is 0. The van der Waals surface area contributed by atoms with Crippen LogP contribution in [-0.2, 0) is 48.1 Å². The smallest absolute Gasteiger partial charge is 0.309 e. The monoisotopic (exact) mass is 348 g/mol. The average molecular weight is 348 g/mol. The second kappa shape index (κ2) is 7.65. The van der Waals surface area contributed by atoms with Crippen molar-refractivity contribution in [2.75, 3.05) is 6.61 Å². The summed E-state index contributed by atoms with van der Waals surface area (Å²) in [5.74, 6) is -0.164. The third kappa shape index (κ3) is 3.70. The molecule has 0 unspecified atom stereocenters. The van der Waals surface area contributed by atoms with Crippen LogP contribution in [0.4, 0.5) is 0 Å². The minimum Gasteiger partial charge on any atom is -0.466 e. The summed E-state index contributed by atoms with van der Waals surface area (Å²) in [6, 6.07) is 13.6. The topological polar surface area (TPSA) is 26.3 Å². The van der Waals surface area contributed by atoms with Crippen LogP contribution in [0.25, 0.3) is 0 Å². The number of esters is 1. The fourth-order valence-corrected chi connectivity index (χ4v) is 4.57. The molecule has 0 atom stereocenters. The second-order valence-corrected chi connectivity index (χ2v) is 7.77. The van der Waals surface area contributed by atoms with Gasteiger partial charge in [0.25, 0.3) is 0 Å². The van der Waals surface area contributed by atoms with Crippen molar-refractivity contribution in [3.05, 3.63) is 69.8 Å². The molecule has 2 aliphatic carbocycles. The van der Waals surface area contributed by atoms with Crippen LogP contribution in [-0.4, -0.2) is 12.6 Å². The van der Waals surface area contributed by atoms with Crippen LogP contribution >= 0.6 is 0 Å². The number of hydrogen-bond donors (Lipinski definition) is 0. The van der Waals surface area contributed by atoms with Crippen molar-refractivity contribution in [3.63, 3.8) is 0 Å². The largest absolute Gasteiger partial charge is 0.466 e. The summed E-state index contributed by atoms with van der Waals surface area (Å²) in [7, 11) is 0. The number of rotatable bonds is 6. The molecule has 0 aliphatic heterocycles. The van der Waals surface area contributed by atoms with Crippen molar-refractivity contribution in [1.29, 1.82) is 0 Å². The summed E-state index contributed by atoms with van der Waals surface area (Å²) in [5, 5.41) is 0. The van der Waals surface area contributed by atoms with Gasteiger partial charge in [-0.2, -0.15) is 0 Å². The Morgan fingerprint density at radius 2 is 1.35 bits per heavy atom. The van der Waals surface area contributed by atoms with Crippen molar-refractivity contribution < 1.29 is 9.53 Å². The minimum atomic E-state index is -0.103. The lowest BCUT2D eigenvalue weighted by molar-refractivity contribution is -0.147. The lowest BCUT2D eigenvalue weighted by Crippen LogP contribution is -2.22. The van der Waals surface area contributed by atoms with E-state index >= 15 is 0 Å². The summed E-state index contributed by atoms with van der Waals surface area (Å²) in [5.41, 5.74) is 8.46. The van der Waals surface area contributed by atoms with Gasteiger partial charge in [-0.15, -0.1) is 0 Å². The zero-order chi connectivity index (χ0) is 17.9. The fourth-order valence-electron chi connectivity index (χ4n) is 4.57. The number of carbonyl (C=O) groups excluding carboxylic acids is 1. The lowest BCUT2D eigenvalue weighted by Gasteiger charge is -2.17. The third-order valence-corrected chi connectivity index (χ3v) is 5.91. The van der Waals surface area contributed by atoms with E-state index < -0.39 is 0 Å².